The van der Waals surface area contributed by atoms with Crippen LogP contribution in [0.3, 0.4) is 0 Å². The lowest BCUT2D eigenvalue weighted by atomic mass is 9.95. The molecule has 0 radical (unpaired) electrons. The SMILES string of the molecule is C1=Cc2sc3c(-c4ccc5ccccc5c4)cc(-n4c5ccccc5c5c6ccccc6cc(-c6ccc7c(c6)oc6ccccc67)c54)nc3c2CC1. The first-order chi connectivity index (χ1) is 26.3. The number of hydrogen-bond donors (Lipinski definition) is 0. The van der Waals surface area contributed by atoms with E-state index in [0.29, 0.717) is 0 Å². The smallest absolute Gasteiger partial charge is 0.139 e. The van der Waals surface area contributed by atoms with E-state index in [-0.39, 0.29) is 0 Å². The van der Waals surface area contributed by atoms with Crippen molar-refractivity contribution in [2.75, 3.05) is 0 Å². The van der Waals surface area contributed by atoms with E-state index in [1.165, 1.54) is 58.6 Å². The van der Waals surface area contributed by atoms with Crippen LogP contribution in [0.4, 0.5) is 0 Å². The van der Waals surface area contributed by atoms with Gasteiger partial charge in [0.15, 0.2) is 0 Å². The minimum Gasteiger partial charge on any atom is -0.456 e. The lowest BCUT2D eigenvalue weighted by Gasteiger charge is -2.15. The zero-order valence-electron chi connectivity index (χ0n) is 28.6. The molecule has 0 saturated carbocycles. The average molecular weight is 695 g/mol. The number of aromatic nitrogens is 2. The third-order valence-electron chi connectivity index (χ3n) is 11.2. The number of benzene rings is 7. The lowest BCUT2D eigenvalue weighted by Crippen LogP contribution is -2.01. The molecule has 0 atom stereocenters. The second-order valence-electron chi connectivity index (χ2n) is 14.2. The number of rotatable bonds is 3. The second-order valence-corrected chi connectivity index (χ2v) is 15.2. The minimum atomic E-state index is 0.892. The van der Waals surface area contributed by atoms with Crippen molar-refractivity contribution >= 4 is 92.9 Å². The molecule has 4 aromatic heterocycles. The minimum absolute atomic E-state index is 0.892. The fraction of sp³-hybridized carbons (Fsp3) is 0.0408. The highest BCUT2D eigenvalue weighted by atomic mass is 32.1. The predicted octanol–water partition coefficient (Wildman–Crippen LogP) is 13.9. The van der Waals surface area contributed by atoms with Crippen molar-refractivity contribution in [3.05, 3.63) is 162 Å². The molecule has 0 spiro atoms. The molecule has 12 rings (SSSR count). The molecular formula is C49H30N2OS. The summed E-state index contributed by atoms with van der Waals surface area (Å²) in [4.78, 5) is 6.98. The van der Waals surface area contributed by atoms with E-state index in [2.05, 4.69) is 156 Å². The van der Waals surface area contributed by atoms with Gasteiger partial charge in [-0.25, -0.2) is 4.98 Å². The van der Waals surface area contributed by atoms with Gasteiger partial charge >= 0.3 is 0 Å². The third-order valence-corrected chi connectivity index (χ3v) is 12.4. The van der Waals surface area contributed by atoms with Gasteiger partial charge < -0.3 is 4.42 Å². The number of hydrogen-bond acceptors (Lipinski definition) is 3. The average Bonchev–Trinajstić information content (AvgIpc) is 3.89. The Bertz CT molecular complexity index is 3360. The maximum Gasteiger partial charge on any atom is 0.139 e. The van der Waals surface area contributed by atoms with Crippen LogP contribution >= 0.6 is 11.3 Å². The van der Waals surface area contributed by atoms with E-state index in [1.807, 2.05) is 17.4 Å². The fourth-order valence-electron chi connectivity index (χ4n) is 8.79. The van der Waals surface area contributed by atoms with E-state index in [4.69, 9.17) is 9.40 Å². The molecule has 0 unspecified atom stereocenters. The van der Waals surface area contributed by atoms with Gasteiger partial charge in [0.2, 0.25) is 0 Å². The van der Waals surface area contributed by atoms with Gasteiger partial charge in [-0.05, 0) is 99.6 Å². The van der Waals surface area contributed by atoms with Crippen LogP contribution in [-0.4, -0.2) is 9.55 Å². The number of pyridine rings is 1. The molecule has 3 nitrogen and oxygen atoms in total. The number of furan rings is 1. The Balaban J connectivity index is 1.22. The van der Waals surface area contributed by atoms with Crippen LogP contribution in [0, 0.1) is 0 Å². The van der Waals surface area contributed by atoms with E-state index < -0.39 is 0 Å². The van der Waals surface area contributed by atoms with E-state index in [9.17, 15) is 0 Å². The molecule has 0 amide bonds. The van der Waals surface area contributed by atoms with Crippen LogP contribution in [0.15, 0.2) is 156 Å². The molecule has 248 valence electrons. The fourth-order valence-corrected chi connectivity index (χ4v) is 10.0. The highest BCUT2D eigenvalue weighted by Crippen LogP contribution is 2.46. The summed E-state index contributed by atoms with van der Waals surface area (Å²) < 4.78 is 10.1. The topological polar surface area (TPSA) is 31.0 Å². The van der Waals surface area contributed by atoms with Crippen LogP contribution in [0.5, 0.6) is 0 Å². The van der Waals surface area contributed by atoms with Crippen molar-refractivity contribution in [1.82, 2.24) is 9.55 Å². The largest absolute Gasteiger partial charge is 0.456 e. The summed E-state index contributed by atoms with van der Waals surface area (Å²) >= 11 is 1.88. The summed E-state index contributed by atoms with van der Waals surface area (Å²) in [6.07, 6.45) is 6.64. The van der Waals surface area contributed by atoms with E-state index in [1.54, 1.807) is 0 Å². The standard InChI is InChI=1S/C49H30N2OS/c1-2-12-30-25-32(22-21-29(30)11-1)40-28-45(50-47-38-17-7-10-20-44(38)53-49(40)47)51-41-18-8-5-16-37(41)46-34-14-4-3-13-31(34)26-39(48(46)51)33-23-24-36-35-15-6-9-19-42(35)52-43(36)27-33/h1-6,8-16,18-28H,7,17H2. The monoisotopic (exact) mass is 694 g/mol. The lowest BCUT2D eigenvalue weighted by molar-refractivity contribution is 0.669. The molecule has 0 aliphatic heterocycles. The van der Waals surface area contributed by atoms with Crippen LogP contribution in [-0.2, 0) is 6.42 Å². The zero-order chi connectivity index (χ0) is 34.6. The third kappa shape index (κ3) is 4.24. The molecular weight excluding hydrogens is 665 g/mol. The van der Waals surface area contributed by atoms with Gasteiger partial charge in [-0.2, -0.15) is 0 Å². The number of thiophene rings is 1. The Hall–Kier alpha value is -6.49. The second kappa shape index (κ2) is 11.0. The Labute approximate surface area is 308 Å². The van der Waals surface area contributed by atoms with E-state index in [0.717, 1.165) is 68.3 Å². The maximum absolute atomic E-state index is 6.45. The quantitative estimate of drug-likeness (QED) is 0.184. The molecule has 11 aromatic rings. The van der Waals surface area contributed by atoms with Gasteiger partial charge in [0, 0.05) is 37.5 Å². The normalized spacial score (nSPS) is 13.1. The first-order valence-electron chi connectivity index (χ1n) is 18.3. The molecule has 1 aliphatic carbocycles. The van der Waals surface area contributed by atoms with Crippen LogP contribution in [0.25, 0.3) is 110 Å². The zero-order valence-corrected chi connectivity index (χ0v) is 29.5. The summed E-state index contributed by atoms with van der Waals surface area (Å²) in [5.41, 5.74) is 11.3. The van der Waals surface area contributed by atoms with Crippen molar-refractivity contribution in [2.45, 2.75) is 12.8 Å². The van der Waals surface area contributed by atoms with Gasteiger partial charge in [-0.1, -0.05) is 109 Å². The highest BCUT2D eigenvalue weighted by Gasteiger charge is 2.24. The molecule has 4 heteroatoms. The predicted molar refractivity (Wildman–Crippen MR) is 224 cm³/mol. The van der Waals surface area contributed by atoms with Crippen LogP contribution < -0.4 is 0 Å². The Kier molecular flexibility index (Phi) is 6.05. The van der Waals surface area contributed by atoms with Crippen molar-refractivity contribution in [3.63, 3.8) is 0 Å². The first-order valence-corrected chi connectivity index (χ1v) is 19.1. The molecule has 0 N–H and O–H groups in total. The highest BCUT2D eigenvalue weighted by molar-refractivity contribution is 7.20. The summed E-state index contributed by atoms with van der Waals surface area (Å²) in [6, 6.07) is 52.8. The molecule has 7 aromatic carbocycles. The molecule has 53 heavy (non-hydrogen) atoms. The first kappa shape index (κ1) is 29.1. The number of fused-ring (bicyclic) bond motifs is 12. The number of para-hydroxylation sites is 2. The summed E-state index contributed by atoms with van der Waals surface area (Å²) in [5, 5.41) is 9.66. The van der Waals surface area contributed by atoms with Crippen molar-refractivity contribution in [2.24, 2.45) is 0 Å². The summed E-state index contributed by atoms with van der Waals surface area (Å²) in [7, 11) is 0. The van der Waals surface area contributed by atoms with Gasteiger partial charge in [-0.15, -0.1) is 11.3 Å². The van der Waals surface area contributed by atoms with Crippen molar-refractivity contribution in [3.8, 4) is 28.1 Å². The Morgan fingerprint density at radius 2 is 1.32 bits per heavy atom. The number of allylic oxidation sites excluding steroid dienone is 1. The Morgan fingerprint density at radius 1 is 0.585 bits per heavy atom. The van der Waals surface area contributed by atoms with Gasteiger partial charge in [0.25, 0.3) is 0 Å². The molecule has 4 heterocycles. The van der Waals surface area contributed by atoms with Crippen molar-refractivity contribution in [1.29, 1.82) is 0 Å². The summed E-state index contributed by atoms with van der Waals surface area (Å²) in [5.74, 6) is 0.934. The molecule has 1 aliphatic rings. The number of nitrogens with zero attached hydrogens (tertiary/aromatic N) is 2. The van der Waals surface area contributed by atoms with Gasteiger partial charge in [0.1, 0.15) is 17.0 Å². The van der Waals surface area contributed by atoms with E-state index >= 15 is 0 Å². The Morgan fingerprint density at radius 3 is 2.25 bits per heavy atom. The summed E-state index contributed by atoms with van der Waals surface area (Å²) in [6.45, 7) is 0. The van der Waals surface area contributed by atoms with Gasteiger partial charge in [0.05, 0.1) is 21.3 Å². The van der Waals surface area contributed by atoms with Crippen LogP contribution in [0.2, 0.25) is 0 Å². The molecule has 0 fully saturated rings. The van der Waals surface area contributed by atoms with Gasteiger partial charge in [-0.3, -0.25) is 4.57 Å². The maximum atomic E-state index is 6.45. The van der Waals surface area contributed by atoms with Crippen molar-refractivity contribution < 1.29 is 4.42 Å². The number of aryl methyl sites for hydroxylation is 1. The molecule has 0 saturated heterocycles. The van der Waals surface area contributed by atoms with Crippen LogP contribution in [0.1, 0.15) is 16.9 Å². The molecule has 0 bridgehead atoms.